The van der Waals surface area contributed by atoms with Crippen molar-refractivity contribution in [3.63, 3.8) is 0 Å². The number of carboxylic acids is 1. The number of anilines is 1. The van der Waals surface area contributed by atoms with E-state index in [9.17, 15) is 9.59 Å². The maximum atomic E-state index is 11.5. The third-order valence-electron chi connectivity index (χ3n) is 3.80. The average Bonchev–Trinajstić information content (AvgIpc) is 2.94. The minimum Gasteiger partial charge on any atom is -0.481 e. The molecule has 2 unspecified atom stereocenters. The van der Waals surface area contributed by atoms with Crippen molar-refractivity contribution in [2.75, 3.05) is 18.5 Å². The normalized spacial score (nSPS) is 21.0. The lowest BCUT2D eigenvalue weighted by molar-refractivity contribution is -0.142. The Morgan fingerprint density at radius 2 is 2.24 bits per heavy atom. The van der Waals surface area contributed by atoms with Crippen LogP contribution in [-0.2, 0) is 9.53 Å². The van der Waals surface area contributed by atoms with Crippen LogP contribution in [0, 0.1) is 11.8 Å². The molecule has 0 saturated heterocycles. The zero-order chi connectivity index (χ0) is 15.2. The van der Waals surface area contributed by atoms with Crippen molar-refractivity contribution in [2.24, 2.45) is 11.8 Å². The molecule has 114 valence electrons. The Bertz CT molecular complexity index is 501. The largest absolute Gasteiger partial charge is 0.481 e. The Morgan fingerprint density at radius 3 is 2.86 bits per heavy atom. The lowest BCUT2D eigenvalue weighted by Gasteiger charge is -2.16. The molecule has 0 bridgehead atoms. The molecule has 1 fully saturated rings. The van der Waals surface area contributed by atoms with Crippen LogP contribution in [-0.4, -0.2) is 35.2 Å². The van der Waals surface area contributed by atoms with E-state index in [0.717, 1.165) is 19.3 Å². The maximum Gasteiger partial charge on any atom is 0.339 e. The molecule has 2 N–H and O–H groups in total. The Labute approximate surface area is 123 Å². The van der Waals surface area contributed by atoms with Gasteiger partial charge in [-0.05, 0) is 37.8 Å². The minimum absolute atomic E-state index is 0.133. The van der Waals surface area contributed by atoms with Crippen molar-refractivity contribution in [1.29, 1.82) is 0 Å². The quantitative estimate of drug-likeness (QED) is 0.781. The number of esters is 1. The molecule has 1 aliphatic rings. The zero-order valence-electron chi connectivity index (χ0n) is 12.0. The molecule has 1 heterocycles. The number of hydrogen-bond acceptors (Lipinski definition) is 5. The van der Waals surface area contributed by atoms with Crippen LogP contribution in [0.4, 0.5) is 5.82 Å². The van der Waals surface area contributed by atoms with Gasteiger partial charge in [-0.3, -0.25) is 4.79 Å². The van der Waals surface area contributed by atoms with Crippen LogP contribution in [0.1, 0.15) is 36.5 Å². The number of aliphatic carboxylic acids is 1. The molecule has 0 spiro atoms. The molecule has 21 heavy (non-hydrogen) atoms. The number of ether oxygens (including phenoxy) is 1. The molecule has 1 aliphatic carbocycles. The summed E-state index contributed by atoms with van der Waals surface area (Å²) < 4.78 is 4.88. The first-order chi connectivity index (χ1) is 10.1. The van der Waals surface area contributed by atoms with Crippen LogP contribution in [0.2, 0.25) is 0 Å². The zero-order valence-corrected chi connectivity index (χ0v) is 12.0. The van der Waals surface area contributed by atoms with Crippen molar-refractivity contribution < 1.29 is 19.4 Å². The van der Waals surface area contributed by atoms with E-state index < -0.39 is 11.9 Å². The fraction of sp³-hybridized carbons (Fsp3) is 0.533. The molecule has 1 saturated carbocycles. The highest BCUT2D eigenvalue weighted by Crippen LogP contribution is 2.31. The lowest BCUT2D eigenvalue weighted by Crippen LogP contribution is -2.24. The molecule has 6 nitrogen and oxygen atoms in total. The van der Waals surface area contributed by atoms with Gasteiger partial charge in [-0.25, -0.2) is 9.78 Å². The summed E-state index contributed by atoms with van der Waals surface area (Å²) in [6, 6.07) is 3.35. The fourth-order valence-corrected chi connectivity index (χ4v) is 2.68. The van der Waals surface area contributed by atoms with Gasteiger partial charge in [-0.15, -0.1) is 0 Å². The second-order valence-corrected chi connectivity index (χ2v) is 5.17. The smallest absolute Gasteiger partial charge is 0.339 e. The summed E-state index contributed by atoms with van der Waals surface area (Å²) in [6.07, 6.45) is 4.09. The third-order valence-corrected chi connectivity index (χ3v) is 3.80. The Kier molecular flexibility index (Phi) is 5.14. The molecule has 0 aliphatic heterocycles. The first kappa shape index (κ1) is 15.3. The van der Waals surface area contributed by atoms with Gasteiger partial charge >= 0.3 is 11.9 Å². The van der Waals surface area contributed by atoms with Gasteiger partial charge in [0.15, 0.2) is 0 Å². The van der Waals surface area contributed by atoms with Crippen molar-refractivity contribution in [2.45, 2.75) is 26.2 Å². The van der Waals surface area contributed by atoms with Gasteiger partial charge in [0, 0.05) is 12.7 Å². The van der Waals surface area contributed by atoms with E-state index in [2.05, 4.69) is 10.3 Å². The average molecular weight is 292 g/mol. The number of nitrogens with zero attached hydrogens (tertiary/aromatic N) is 1. The summed E-state index contributed by atoms with van der Waals surface area (Å²) in [5.41, 5.74) is 0.409. The number of pyridine rings is 1. The van der Waals surface area contributed by atoms with E-state index in [4.69, 9.17) is 9.84 Å². The Morgan fingerprint density at radius 1 is 1.43 bits per heavy atom. The summed E-state index contributed by atoms with van der Waals surface area (Å²) in [7, 11) is 0. The van der Waals surface area contributed by atoms with E-state index >= 15 is 0 Å². The lowest BCUT2D eigenvalue weighted by atomic mass is 9.96. The molecule has 6 heteroatoms. The van der Waals surface area contributed by atoms with Crippen LogP contribution in [0.15, 0.2) is 18.3 Å². The molecule has 0 aromatic carbocycles. The van der Waals surface area contributed by atoms with Crippen molar-refractivity contribution in [3.8, 4) is 0 Å². The molecule has 2 atom stereocenters. The van der Waals surface area contributed by atoms with Gasteiger partial charge in [0.25, 0.3) is 0 Å². The SMILES string of the molecule is CCOC(=O)c1ccc(NCC2CCCC2C(=O)O)nc1. The summed E-state index contributed by atoms with van der Waals surface area (Å²) in [5, 5.41) is 12.3. The van der Waals surface area contributed by atoms with Crippen molar-refractivity contribution in [1.82, 2.24) is 4.98 Å². The predicted molar refractivity (Wildman–Crippen MR) is 77.2 cm³/mol. The molecular formula is C15H20N2O4. The van der Waals surface area contributed by atoms with Crippen LogP contribution in [0.5, 0.6) is 0 Å². The molecule has 1 aromatic heterocycles. The minimum atomic E-state index is -0.718. The highest BCUT2D eigenvalue weighted by molar-refractivity contribution is 5.89. The summed E-state index contributed by atoms with van der Waals surface area (Å²) in [5.74, 6) is -0.604. The summed E-state index contributed by atoms with van der Waals surface area (Å²) in [4.78, 5) is 26.8. The van der Waals surface area contributed by atoms with Gasteiger partial charge in [-0.2, -0.15) is 0 Å². The Hall–Kier alpha value is -2.11. The van der Waals surface area contributed by atoms with E-state index in [-0.39, 0.29) is 11.8 Å². The van der Waals surface area contributed by atoms with E-state index in [0.29, 0.717) is 24.5 Å². The number of carbonyl (C=O) groups is 2. The summed E-state index contributed by atoms with van der Waals surface area (Å²) >= 11 is 0. The first-order valence-electron chi connectivity index (χ1n) is 7.21. The van der Waals surface area contributed by atoms with Gasteiger partial charge in [0.05, 0.1) is 18.1 Å². The summed E-state index contributed by atoms with van der Waals surface area (Å²) in [6.45, 7) is 2.67. The van der Waals surface area contributed by atoms with Gasteiger partial charge in [0.1, 0.15) is 5.82 Å². The molecule has 1 aromatic rings. The van der Waals surface area contributed by atoms with E-state index in [1.54, 1.807) is 19.1 Å². The topological polar surface area (TPSA) is 88.5 Å². The monoisotopic (exact) mass is 292 g/mol. The molecule has 0 radical (unpaired) electrons. The first-order valence-corrected chi connectivity index (χ1v) is 7.21. The Balaban J connectivity index is 1.89. The van der Waals surface area contributed by atoms with Crippen LogP contribution >= 0.6 is 0 Å². The van der Waals surface area contributed by atoms with Crippen LogP contribution in [0.3, 0.4) is 0 Å². The standard InChI is InChI=1S/C15H20N2O4/c1-2-21-15(20)11-6-7-13(17-9-11)16-8-10-4-3-5-12(10)14(18)19/h6-7,9-10,12H,2-5,8H2,1H3,(H,16,17)(H,18,19). The number of carbonyl (C=O) groups excluding carboxylic acids is 1. The maximum absolute atomic E-state index is 11.5. The second kappa shape index (κ2) is 7.06. The van der Waals surface area contributed by atoms with E-state index in [1.807, 2.05) is 0 Å². The molecular weight excluding hydrogens is 272 g/mol. The van der Waals surface area contributed by atoms with Crippen LogP contribution < -0.4 is 5.32 Å². The van der Waals surface area contributed by atoms with E-state index in [1.165, 1.54) is 6.20 Å². The fourth-order valence-electron chi connectivity index (χ4n) is 2.68. The molecule has 0 amide bonds. The number of carboxylic acid groups (broad SMARTS) is 1. The number of hydrogen-bond donors (Lipinski definition) is 2. The highest BCUT2D eigenvalue weighted by atomic mass is 16.5. The number of nitrogens with one attached hydrogen (secondary N) is 1. The predicted octanol–water partition coefficient (Wildman–Crippen LogP) is 2.17. The highest BCUT2D eigenvalue weighted by Gasteiger charge is 2.32. The van der Waals surface area contributed by atoms with Gasteiger partial charge in [-0.1, -0.05) is 6.42 Å². The van der Waals surface area contributed by atoms with Crippen LogP contribution in [0.25, 0.3) is 0 Å². The van der Waals surface area contributed by atoms with Gasteiger partial charge in [0.2, 0.25) is 0 Å². The van der Waals surface area contributed by atoms with Crippen molar-refractivity contribution >= 4 is 17.8 Å². The number of rotatable bonds is 6. The third kappa shape index (κ3) is 3.93. The second-order valence-electron chi connectivity index (χ2n) is 5.17. The number of aromatic nitrogens is 1. The van der Waals surface area contributed by atoms with Crippen molar-refractivity contribution in [3.05, 3.63) is 23.9 Å². The molecule has 2 rings (SSSR count). The van der Waals surface area contributed by atoms with Gasteiger partial charge < -0.3 is 15.2 Å².